The van der Waals surface area contributed by atoms with Crippen LogP contribution in [0.15, 0.2) is 36.5 Å². The molecule has 3 heterocycles. The van der Waals surface area contributed by atoms with E-state index in [2.05, 4.69) is 10.3 Å². The predicted octanol–water partition coefficient (Wildman–Crippen LogP) is 2.67. The van der Waals surface area contributed by atoms with Gasteiger partial charge in [-0.15, -0.1) is 5.10 Å². The van der Waals surface area contributed by atoms with Gasteiger partial charge in [-0.2, -0.15) is 0 Å². The highest BCUT2D eigenvalue weighted by Crippen LogP contribution is 2.45. The first kappa shape index (κ1) is 26.2. The van der Waals surface area contributed by atoms with E-state index < -0.39 is 77.4 Å². The zero-order chi connectivity index (χ0) is 27.2. The van der Waals surface area contributed by atoms with Crippen molar-refractivity contribution in [2.45, 2.75) is 43.0 Å². The average Bonchev–Trinajstić information content (AvgIpc) is 3.57. The van der Waals surface area contributed by atoms with E-state index in [-0.39, 0.29) is 24.3 Å². The first-order valence-electron chi connectivity index (χ1n) is 11.5. The molecule has 0 radical (unpaired) electrons. The molecular formula is C24H20F5N3O6. The minimum Gasteiger partial charge on any atom is -0.451 e. The number of carbonyl (C=O) groups is 1. The number of aromatic nitrogens is 3. The van der Waals surface area contributed by atoms with Gasteiger partial charge in [-0.1, -0.05) is 11.3 Å². The molecule has 2 aromatic carbocycles. The van der Waals surface area contributed by atoms with Crippen LogP contribution in [0.25, 0.3) is 11.3 Å². The molecule has 1 spiro atoms. The van der Waals surface area contributed by atoms with Crippen LogP contribution in [0.5, 0.6) is 0 Å². The third-order valence-corrected chi connectivity index (χ3v) is 6.52. The Labute approximate surface area is 211 Å². The van der Waals surface area contributed by atoms with Gasteiger partial charge >= 0.3 is 5.97 Å². The highest BCUT2D eigenvalue weighted by atomic mass is 19.2. The Morgan fingerprint density at radius 1 is 1.13 bits per heavy atom. The van der Waals surface area contributed by atoms with Crippen molar-refractivity contribution in [3.8, 4) is 11.3 Å². The van der Waals surface area contributed by atoms with E-state index >= 15 is 0 Å². The number of halogens is 5. The molecule has 0 bridgehead atoms. The average molecular weight is 541 g/mol. The Hall–Kier alpha value is -3.46. The molecule has 202 valence electrons. The summed E-state index contributed by atoms with van der Waals surface area (Å²) in [6.45, 7) is -0.530. The lowest BCUT2D eigenvalue weighted by atomic mass is 9.88. The van der Waals surface area contributed by atoms with Crippen LogP contribution >= 0.6 is 0 Å². The second kappa shape index (κ2) is 10.0. The summed E-state index contributed by atoms with van der Waals surface area (Å²) < 4.78 is 87.2. The SMILES string of the molecule is O=C(O[C@@H]1C(n2cc(-c3cc(F)c(F)c(F)c3)nn2)C(O)C(CO)OC12CCCO2)c1cccc(F)c1F. The zero-order valence-corrected chi connectivity index (χ0v) is 19.4. The van der Waals surface area contributed by atoms with E-state index in [4.69, 9.17) is 14.2 Å². The number of rotatable bonds is 5. The van der Waals surface area contributed by atoms with E-state index in [1.807, 2.05) is 0 Å². The fraction of sp³-hybridized carbons (Fsp3) is 0.375. The van der Waals surface area contributed by atoms with Crippen molar-refractivity contribution < 1.29 is 51.2 Å². The fourth-order valence-electron chi connectivity index (χ4n) is 4.70. The molecule has 38 heavy (non-hydrogen) atoms. The third kappa shape index (κ3) is 4.42. The largest absolute Gasteiger partial charge is 0.451 e. The summed E-state index contributed by atoms with van der Waals surface area (Å²) in [6, 6.07) is 2.92. The number of benzene rings is 2. The van der Waals surface area contributed by atoms with E-state index in [0.717, 1.165) is 29.1 Å². The molecule has 0 amide bonds. The molecule has 0 aliphatic carbocycles. The molecule has 3 aromatic rings. The highest BCUT2D eigenvalue weighted by molar-refractivity contribution is 5.89. The van der Waals surface area contributed by atoms with E-state index in [1.54, 1.807) is 0 Å². The molecule has 2 aliphatic heterocycles. The molecule has 5 rings (SSSR count). The van der Waals surface area contributed by atoms with Gasteiger partial charge in [0.2, 0.25) is 5.79 Å². The third-order valence-electron chi connectivity index (χ3n) is 6.52. The first-order chi connectivity index (χ1) is 18.1. The molecule has 2 aliphatic rings. The number of carbonyl (C=O) groups excluding carboxylic acids is 1. The number of ether oxygens (including phenoxy) is 3. The van der Waals surface area contributed by atoms with Crippen LogP contribution in [0.3, 0.4) is 0 Å². The summed E-state index contributed by atoms with van der Waals surface area (Å²) in [6.07, 6.45) is -2.69. The van der Waals surface area contributed by atoms with Gasteiger partial charge in [-0.05, 0) is 30.7 Å². The van der Waals surface area contributed by atoms with Gasteiger partial charge in [0.15, 0.2) is 35.2 Å². The topological polar surface area (TPSA) is 116 Å². The van der Waals surface area contributed by atoms with Crippen LogP contribution in [0.4, 0.5) is 22.0 Å². The summed E-state index contributed by atoms with van der Waals surface area (Å²) in [5.74, 6) is -10.4. The van der Waals surface area contributed by atoms with Gasteiger partial charge in [0.1, 0.15) is 23.9 Å². The Morgan fingerprint density at radius 2 is 1.87 bits per heavy atom. The van der Waals surface area contributed by atoms with Crippen LogP contribution in [0.2, 0.25) is 0 Å². The molecule has 2 fully saturated rings. The molecule has 4 unspecified atom stereocenters. The van der Waals surface area contributed by atoms with Crippen molar-refractivity contribution in [1.82, 2.24) is 15.0 Å². The first-order valence-corrected chi connectivity index (χ1v) is 11.5. The van der Waals surface area contributed by atoms with Crippen LogP contribution < -0.4 is 0 Å². The maximum Gasteiger partial charge on any atom is 0.341 e. The summed E-state index contributed by atoms with van der Waals surface area (Å²) in [5.41, 5.74) is -1.05. The number of esters is 1. The van der Waals surface area contributed by atoms with Gasteiger partial charge in [0, 0.05) is 12.0 Å². The highest BCUT2D eigenvalue weighted by Gasteiger charge is 2.60. The van der Waals surface area contributed by atoms with Gasteiger partial charge in [0.05, 0.1) is 25.0 Å². The predicted molar refractivity (Wildman–Crippen MR) is 116 cm³/mol. The van der Waals surface area contributed by atoms with Gasteiger partial charge < -0.3 is 24.4 Å². The quantitative estimate of drug-likeness (QED) is 0.288. The Morgan fingerprint density at radius 3 is 2.53 bits per heavy atom. The van der Waals surface area contributed by atoms with Gasteiger partial charge in [0.25, 0.3) is 0 Å². The number of hydrogen-bond acceptors (Lipinski definition) is 8. The molecule has 2 saturated heterocycles. The van der Waals surface area contributed by atoms with Crippen molar-refractivity contribution in [3.63, 3.8) is 0 Å². The van der Waals surface area contributed by atoms with Crippen molar-refractivity contribution >= 4 is 5.97 Å². The van der Waals surface area contributed by atoms with Gasteiger partial charge in [-0.25, -0.2) is 31.4 Å². The van der Waals surface area contributed by atoms with Crippen LogP contribution in [-0.4, -0.2) is 68.5 Å². The Kier molecular flexibility index (Phi) is 6.90. The summed E-state index contributed by atoms with van der Waals surface area (Å²) in [5, 5.41) is 28.6. The van der Waals surface area contributed by atoms with E-state index in [0.29, 0.717) is 18.6 Å². The maximum atomic E-state index is 14.3. The lowest BCUT2D eigenvalue weighted by molar-refractivity contribution is -0.337. The summed E-state index contributed by atoms with van der Waals surface area (Å²) in [7, 11) is 0. The Bertz CT molecular complexity index is 1340. The van der Waals surface area contributed by atoms with E-state index in [9.17, 15) is 37.0 Å². The smallest absolute Gasteiger partial charge is 0.341 e. The molecular weight excluding hydrogens is 521 g/mol. The van der Waals surface area contributed by atoms with E-state index in [1.165, 1.54) is 0 Å². The van der Waals surface area contributed by atoms with Crippen molar-refractivity contribution in [1.29, 1.82) is 0 Å². The summed E-state index contributed by atoms with van der Waals surface area (Å²) >= 11 is 0. The summed E-state index contributed by atoms with van der Waals surface area (Å²) in [4.78, 5) is 13.0. The Balaban J connectivity index is 1.56. The van der Waals surface area contributed by atoms with Crippen molar-refractivity contribution in [2.24, 2.45) is 0 Å². The number of aliphatic hydroxyl groups is 2. The number of hydrogen-bond donors (Lipinski definition) is 2. The molecule has 1 aromatic heterocycles. The molecule has 14 heteroatoms. The normalized spacial score (nSPS) is 27.1. The van der Waals surface area contributed by atoms with Crippen molar-refractivity contribution in [3.05, 3.63) is 71.2 Å². The molecule has 9 nitrogen and oxygen atoms in total. The van der Waals surface area contributed by atoms with Crippen LogP contribution in [0.1, 0.15) is 29.2 Å². The fourth-order valence-corrected chi connectivity index (χ4v) is 4.70. The minimum absolute atomic E-state index is 0.131. The lowest BCUT2D eigenvalue weighted by Crippen LogP contribution is -2.63. The minimum atomic E-state index is -1.71. The number of nitrogens with zero attached hydrogens (tertiary/aromatic N) is 3. The molecule has 0 saturated carbocycles. The number of aliphatic hydroxyl groups excluding tert-OH is 2. The van der Waals surface area contributed by atoms with Crippen LogP contribution in [-0.2, 0) is 14.2 Å². The van der Waals surface area contributed by atoms with Gasteiger partial charge in [-0.3, -0.25) is 0 Å². The van der Waals surface area contributed by atoms with Crippen LogP contribution in [0, 0.1) is 29.1 Å². The monoisotopic (exact) mass is 541 g/mol. The zero-order valence-electron chi connectivity index (χ0n) is 19.4. The second-order valence-corrected chi connectivity index (χ2v) is 8.85. The maximum absolute atomic E-state index is 14.3. The van der Waals surface area contributed by atoms with Crippen molar-refractivity contribution in [2.75, 3.05) is 13.2 Å². The standard InChI is InChI=1S/C24H20F5N3O6/c25-13-4-1-3-12(18(13)28)23(35)37-22-20(21(34)17(10-33)38-24(22)5-2-6-36-24)32-9-16(30-31-32)11-7-14(26)19(29)15(27)8-11/h1,3-4,7-9,17,20-22,33-34H,2,5-6,10H2/t17?,20?,21?,22-,24?/m1/s1. The second-order valence-electron chi connectivity index (χ2n) is 8.85. The molecule has 5 atom stereocenters. The lowest BCUT2D eigenvalue weighted by Gasteiger charge is -2.48. The molecule has 2 N–H and O–H groups in total.